The maximum Gasteiger partial charge on any atom is 0.0776 e. The molecule has 0 radical (unpaired) electrons. The van der Waals surface area contributed by atoms with E-state index in [-0.39, 0.29) is 0 Å². The van der Waals surface area contributed by atoms with Gasteiger partial charge in [-0.25, -0.2) is 0 Å². The molecule has 0 amide bonds. The van der Waals surface area contributed by atoms with Crippen molar-refractivity contribution < 1.29 is 0 Å². The van der Waals surface area contributed by atoms with Crippen molar-refractivity contribution in [3.05, 3.63) is 127 Å². The Morgan fingerprint density at radius 2 is 0.949 bits per heavy atom. The van der Waals surface area contributed by atoms with Gasteiger partial charge >= 0.3 is 0 Å². The van der Waals surface area contributed by atoms with Crippen molar-refractivity contribution >= 4 is 55.5 Å². The van der Waals surface area contributed by atoms with Gasteiger partial charge in [0.25, 0.3) is 0 Å². The van der Waals surface area contributed by atoms with Crippen molar-refractivity contribution in [1.29, 1.82) is 0 Å². The zero-order chi connectivity index (χ0) is 26.6. The fraction of sp³-hybridized carbons (Fsp3) is 0.0811. The summed E-state index contributed by atoms with van der Waals surface area (Å²) in [4.78, 5) is 0. The summed E-state index contributed by atoms with van der Waals surface area (Å²) in [6.07, 6.45) is 0. The summed E-state index contributed by atoms with van der Waals surface area (Å²) < 4.78 is 2.70. The summed E-state index contributed by atoms with van der Waals surface area (Å²) in [5, 5.41) is 6.73. The molecule has 2 heteroatoms. The molecule has 0 aliphatic rings. The van der Waals surface area contributed by atoms with Crippen molar-refractivity contribution in [1.82, 2.24) is 0 Å². The fourth-order valence-corrected chi connectivity index (χ4v) is 7.80. The first-order valence-electron chi connectivity index (χ1n) is 13.6. The number of hydrogen-bond donors (Lipinski definition) is 0. The summed E-state index contributed by atoms with van der Waals surface area (Å²) in [6, 6.07) is 47.4. The molecule has 0 N–H and O–H groups in total. The third-order valence-corrected chi connectivity index (χ3v) is 11.0. The minimum atomic E-state index is -1.33. The lowest BCUT2D eigenvalue weighted by Crippen LogP contribution is -2.37. The average Bonchev–Trinajstić information content (AvgIpc) is 3.34. The first-order valence-corrected chi connectivity index (χ1v) is 17.9. The van der Waals surface area contributed by atoms with Crippen molar-refractivity contribution in [2.45, 2.75) is 19.6 Å². The molecule has 1 aromatic heterocycles. The van der Waals surface area contributed by atoms with Gasteiger partial charge in [0.1, 0.15) is 0 Å². The van der Waals surface area contributed by atoms with Gasteiger partial charge in [0.2, 0.25) is 0 Å². The van der Waals surface area contributed by atoms with Crippen LogP contribution in [0.4, 0.5) is 0 Å². The maximum absolute atomic E-state index is 2.40. The molecule has 0 fully saturated rings. The van der Waals surface area contributed by atoms with E-state index in [0.29, 0.717) is 0 Å². The molecule has 6 aromatic carbocycles. The third kappa shape index (κ3) is 4.50. The van der Waals surface area contributed by atoms with Crippen LogP contribution in [0.15, 0.2) is 127 Å². The smallest absolute Gasteiger partial charge is 0.0776 e. The Balaban J connectivity index is 1.19. The first kappa shape index (κ1) is 24.1. The molecular formula is C37H30SSi. The number of fused-ring (bicyclic) bond motifs is 4. The molecule has 7 rings (SSSR count). The Labute approximate surface area is 235 Å². The van der Waals surface area contributed by atoms with Gasteiger partial charge < -0.3 is 0 Å². The average molecular weight is 535 g/mol. The highest BCUT2D eigenvalue weighted by Gasteiger charge is 2.16. The molecule has 0 atom stereocenters. The molecule has 0 unspecified atom stereocenters. The standard InChI is InChI=1S/C37H30SSi/c1-39(2,3)33-8-6-7-27(23-33)25-11-13-26(14-12-25)28-15-16-30-22-31(18-17-29(30)21-28)32-19-20-37-35(24-32)34-9-4-5-10-36(34)38-37/h4-24H,1-3H3. The Hall–Kier alpha value is -3.98. The molecule has 0 saturated carbocycles. The predicted octanol–water partition coefficient (Wildman–Crippen LogP) is 10.8. The van der Waals surface area contributed by atoms with Crippen LogP contribution in [0.25, 0.3) is 64.3 Å². The Bertz CT molecular complexity index is 1990. The molecule has 0 aliphatic heterocycles. The van der Waals surface area contributed by atoms with Crippen LogP contribution in [0.2, 0.25) is 19.6 Å². The van der Waals surface area contributed by atoms with E-state index in [4.69, 9.17) is 0 Å². The Morgan fingerprint density at radius 1 is 0.410 bits per heavy atom. The second-order valence-corrected chi connectivity index (χ2v) is 17.7. The van der Waals surface area contributed by atoms with Gasteiger partial charge in [0.05, 0.1) is 8.07 Å². The summed E-state index contributed by atoms with van der Waals surface area (Å²) in [6.45, 7) is 7.21. The quantitative estimate of drug-likeness (QED) is 0.197. The molecule has 0 aliphatic carbocycles. The highest BCUT2D eigenvalue weighted by molar-refractivity contribution is 7.25. The molecule has 1 heterocycles. The Kier molecular flexibility index (Phi) is 5.77. The zero-order valence-corrected chi connectivity index (χ0v) is 24.3. The number of hydrogen-bond acceptors (Lipinski definition) is 1. The minimum Gasteiger partial charge on any atom is -0.135 e. The van der Waals surface area contributed by atoms with Crippen molar-refractivity contribution in [3.8, 4) is 33.4 Å². The van der Waals surface area contributed by atoms with Crippen molar-refractivity contribution in [3.63, 3.8) is 0 Å². The number of rotatable bonds is 4. The highest BCUT2D eigenvalue weighted by Crippen LogP contribution is 2.37. The SMILES string of the molecule is C[Si](C)(C)c1cccc(-c2ccc(-c3ccc4cc(-c5ccc6sc7ccccc7c6c5)ccc4c3)cc2)c1. The molecule has 0 bridgehead atoms. The lowest BCUT2D eigenvalue weighted by Gasteiger charge is -2.17. The molecule has 0 nitrogen and oxygen atoms in total. The second kappa shape index (κ2) is 9.34. The van der Waals surface area contributed by atoms with Gasteiger partial charge in [-0.2, -0.15) is 0 Å². The van der Waals surface area contributed by atoms with Crippen LogP contribution in [0.5, 0.6) is 0 Å². The molecule has 0 saturated heterocycles. The largest absolute Gasteiger partial charge is 0.135 e. The molecular weight excluding hydrogens is 505 g/mol. The van der Waals surface area contributed by atoms with Crippen LogP contribution in [0.1, 0.15) is 0 Å². The topological polar surface area (TPSA) is 0 Å². The highest BCUT2D eigenvalue weighted by atomic mass is 32.1. The van der Waals surface area contributed by atoms with Gasteiger partial charge in [0.15, 0.2) is 0 Å². The zero-order valence-electron chi connectivity index (χ0n) is 22.5. The van der Waals surface area contributed by atoms with Crippen molar-refractivity contribution in [2.75, 3.05) is 0 Å². The number of benzene rings is 6. The lowest BCUT2D eigenvalue weighted by molar-refractivity contribution is 1.60. The molecule has 7 aromatic rings. The van der Waals surface area contributed by atoms with Crippen LogP contribution < -0.4 is 5.19 Å². The van der Waals surface area contributed by atoms with E-state index in [1.54, 1.807) is 0 Å². The monoisotopic (exact) mass is 534 g/mol. The third-order valence-electron chi connectivity index (χ3n) is 7.83. The van der Waals surface area contributed by atoms with Gasteiger partial charge in [0, 0.05) is 20.2 Å². The molecule has 188 valence electrons. The van der Waals surface area contributed by atoms with Gasteiger partial charge in [-0.1, -0.05) is 122 Å². The summed E-state index contributed by atoms with van der Waals surface area (Å²) >= 11 is 1.87. The summed E-state index contributed by atoms with van der Waals surface area (Å²) in [5.41, 5.74) is 7.62. The second-order valence-electron chi connectivity index (χ2n) is 11.5. The normalized spacial score (nSPS) is 12.0. The van der Waals surface area contributed by atoms with Crippen LogP contribution in [-0.2, 0) is 0 Å². The summed E-state index contributed by atoms with van der Waals surface area (Å²) in [5.74, 6) is 0. The maximum atomic E-state index is 2.40. The van der Waals surface area contributed by atoms with E-state index < -0.39 is 8.07 Å². The predicted molar refractivity (Wildman–Crippen MR) is 176 cm³/mol. The van der Waals surface area contributed by atoms with Gasteiger partial charge in [-0.15, -0.1) is 11.3 Å². The van der Waals surface area contributed by atoms with E-state index in [9.17, 15) is 0 Å². The Morgan fingerprint density at radius 3 is 1.64 bits per heavy atom. The van der Waals surface area contributed by atoms with Gasteiger partial charge in [-0.3, -0.25) is 0 Å². The van der Waals surface area contributed by atoms with Crippen LogP contribution in [0.3, 0.4) is 0 Å². The van der Waals surface area contributed by atoms with Crippen LogP contribution >= 0.6 is 11.3 Å². The minimum absolute atomic E-state index is 1.25. The van der Waals surface area contributed by atoms with Crippen LogP contribution in [-0.4, -0.2) is 8.07 Å². The van der Waals surface area contributed by atoms with E-state index in [1.165, 1.54) is 69.5 Å². The van der Waals surface area contributed by atoms with E-state index in [0.717, 1.165) is 0 Å². The van der Waals surface area contributed by atoms with Crippen molar-refractivity contribution in [2.24, 2.45) is 0 Å². The summed E-state index contributed by atoms with van der Waals surface area (Å²) in [7, 11) is -1.33. The van der Waals surface area contributed by atoms with Crippen LogP contribution in [0, 0.1) is 0 Å². The molecule has 0 spiro atoms. The van der Waals surface area contributed by atoms with E-state index >= 15 is 0 Å². The van der Waals surface area contributed by atoms with E-state index in [1.807, 2.05) is 11.3 Å². The lowest BCUT2D eigenvalue weighted by atomic mass is 9.96. The van der Waals surface area contributed by atoms with Gasteiger partial charge in [-0.05, 0) is 74.5 Å². The van der Waals surface area contributed by atoms with E-state index in [2.05, 4.69) is 147 Å². The fourth-order valence-electron chi connectivity index (χ4n) is 5.53. The number of thiophene rings is 1. The first-order chi connectivity index (χ1) is 18.9. The molecule has 39 heavy (non-hydrogen) atoms.